The summed E-state index contributed by atoms with van der Waals surface area (Å²) in [4.78, 5) is 5.12. The Morgan fingerprint density at radius 1 is 0.591 bits per heavy atom. The van der Waals surface area contributed by atoms with Gasteiger partial charge >= 0.3 is 0 Å². The maximum Gasteiger partial charge on any atom is 0.00412 e. The van der Waals surface area contributed by atoms with Gasteiger partial charge in [0.2, 0.25) is 0 Å². The third-order valence-corrected chi connectivity index (χ3v) is 4.64. The Kier molecular flexibility index (Phi) is 11.4. The molecule has 0 radical (unpaired) electrons. The van der Waals surface area contributed by atoms with E-state index in [-0.39, 0.29) is 0 Å². The Morgan fingerprint density at radius 3 is 1.09 bits per heavy atom. The summed E-state index contributed by atoms with van der Waals surface area (Å²) in [6.45, 7) is 20.6. The molecule has 0 aliphatic rings. The van der Waals surface area contributed by atoms with Crippen molar-refractivity contribution in [3.05, 3.63) is 0 Å². The molecule has 3 heteroatoms. The van der Waals surface area contributed by atoms with Gasteiger partial charge < -0.3 is 5.73 Å². The van der Waals surface area contributed by atoms with E-state index in [4.69, 9.17) is 5.73 Å². The molecular weight excluding hydrogens is 270 g/mol. The van der Waals surface area contributed by atoms with Crippen molar-refractivity contribution in [3.63, 3.8) is 0 Å². The maximum atomic E-state index is 6.31. The van der Waals surface area contributed by atoms with Crippen LogP contribution in [0.5, 0.6) is 0 Å². The van der Waals surface area contributed by atoms with E-state index in [1.807, 2.05) is 0 Å². The Balaban J connectivity index is 3.93. The first-order chi connectivity index (χ1) is 10.2. The fourth-order valence-corrected chi connectivity index (χ4v) is 3.44. The predicted octanol–water partition coefficient (Wildman–Crippen LogP) is 4.11. The van der Waals surface area contributed by atoms with Crippen molar-refractivity contribution in [2.24, 2.45) is 5.73 Å². The van der Waals surface area contributed by atoms with Crippen LogP contribution in [0.1, 0.15) is 81.1 Å². The average molecular weight is 314 g/mol. The van der Waals surface area contributed by atoms with E-state index in [1.165, 1.54) is 25.9 Å². The largest absolute Gasteiger partial charge is 0.328 e. The van der Waals surface area contributed by atoms with Crippen molar-refractivity contribution in [2.75, 3.05) is 13.1 Å². The number of hydrogen-bond donors (Lipinski definition) is 1. The van der Waals surface area contributed by atoms with Crippen LogP contribution in [0, 0.1) is 0 Å². The molecule has 134 valence electrons. The second-order valence-corrected chi connectivity index (χ2v) is 7.90. The highest BCUT2D eigenvalue weighted by molar-refractivity contribution is 4.71. The predicted molar refractivity (Wildman–Crippen MR) is 100 cm³/mol. The lowest BCUT2D eigenvalue weighted by Crippen LogP contribution is -2.39. The number of hydrogen-bond acceptors (Lipinski definition) is 3. The molecule has 0 spiro atoms. The summed E-state index contributed by atoms with van der Waals surface area (Å²) in [7, 11) is 0. The summed E-state index contributed by atoms with van der Waals surface area (Å²) in [5.41, 5.74) is 6.31. The van der Waals surface area contributed by atoms with Crippen molar-refractivity contribution in [1.29, 1.82) is 0 Å². The molecule has 0 aliphatic heterocycles. The van der Waals surface area contributed by atoms with Crippen molar-refractivity contribution in [2.45, 2.75) is 111 Å². The SMILES string of the molecule is CC(C)N(CCCC(N)CCCN(C(C)C)C(C)C)C(C)C. The van der Waals surface area contributed by atoms with Gasteiger partial charge in [0.05, 0.1) is 0 Å². The van der Waals surface area contributed by atoms with E-state index in [0.29, 0.717) is 30.2 Å². The summed E-state index contributed by atoms with van der Waals surface area (Å²) >= 11 is 0. The standard InChI is InChI=1S/C19H43N3/c1-15(2)21(16(3)4)13-9-11-19(20)12-10-14-22(17(5)6)18(7)8/h15-19H,9-14,20H2,1-8H3. The summed E-state index contributed by atoms with van der Waals surface area (Å²) in [5, 5.41) is 0. The van der Waals surface area contributed by atoms with Gasteiger partial charge in [-0.3, -0.25) is 9.80 Å². The Bertz CT molecular complexity index is 219. The fraction of sp³-hybridized carbons (Fsp3) is 1.00. The van der Waals surface area contributed by atoms with E-state index in [2.05, 4.69) is 65.2 Å². The Hall–Kier alpha value is -0.120. The highest BCUT2D eigenvalue weighted by Gasteiger charge is 2.15. The second kappa shape index (κ2) is 11.4. The van der Waals surface area contributed by atoms with E-state index < -0.39 is 0 Å². The quantitative estimate of drug-likeness (QED) is 0.588. The van der Waals surface area contributed by atoms with Crippen LogP contribution >= 0.6 is 0 Å². The molecule has 0 aromatic rings. The van der Waals surface area contributed by atoms with Crippen LogP contribution in [-0.2, 0) is 0 Å². The molecule has 3 nitrogen and oxygen atoms in total. The van der Waals surface area contributed by atoms with Crippen molar-refractivity contribution >= 4 is 0 Å². The van der Waals surface area contributed by atoms with Crippen LogP contribution in [0.3, 0.4) is 0 Å². The lowest BCUT2D eigenvalue weighted by molar-refractivity contribution is 0.165. The van der Waals surface area contributed by atoms with Gasteiger partial charge in [-0.15, -0.1) is 0 Å². The molecule has 0 bridgehead atoms. The highest BCUT2D eigenvalue weighted by Crippen LogP contribution is 2.11. The van der Waals surface area contributed by atoms with E-state index in [1.54, 1.807) is 0 Å². The van der Waals surface area contributed by atoms with Crippen molar-refractivity contribution in [1.82, 2.24) is 9.80 Å². The molecule has 0 aromatic heterocycles. The van der Waals surface area contributed by atoms with E-state index in [9.17, 15) is 0 Å². The average Bonchev–Trinajstić information content (AvgIpc) is 2.37. The molecule has 22 heavy (non-hydrogen) atoms. The monoisotopic (exact) mass is 313 g/mol. The summed E-state index contributed by atoms with van der Waals surface area (Å²) in [6, 6.07) is 2.87. The molecule has 0 saturated carbocycles. The zero-order valence-electron chi connectivity index (χ0n) is 16.6. The van der Waals surface area contributed by atoms with Gasteiger partial charge in [0.25, 0.3) is 0 Å². The second-order valence-electron chi connectivity index (χ2n) is 7.90. The van der Waals surface area contributed by atoms with Gasteiger partial charge in [-0.1, -0.05) is 0 Å². The van der Waals surface area contributed by atoms with Crippen LogP contribution in [-0.4, -0.2) is 53.1 Å². The topological polar surface area (TPSA) is 32.5 Å². The molecule has 0 heterocycles. The van der Waals surface area contributed by atoms with Gasteiger partial charge in [-0.2, -0.15) is 0 Å². The normalized spacial score (nSPS) is 13.1. The zero-order valence-corrected chi connectivity index (χ0v) is 16.6. The van der Waals surface area contributed by atoms with Gasteiger partial charge in [-0.25, -0.2) is 0 Å². The molecule has 0 atom stereocenters. The summed E-state index contributed by atoms with van der Waals surface area (Å²) < 4.78 is 0. The van der Waals surface area contributed by atoms with Crippen molar-refractivity contribution in [3.8, 4) is 0 Å². The first-order valence-corrected chi connectivity index (χ1v) is 9.43. The van der Waals surface area contributed by atoms with Gasteiger partial charge in [0.1, 0.15) is 0 Å². The number of nitrogens with zero attached hydrogens (tertiary/aromatic N) is 2. The Morgan fingerprint density at radius 2 is 0.864 bits per heavy atom. The van der Waals surface area contributed by atoms with Crippen LogP contribution in [0.4, 0.5) is 0 Å². The fourth-order valence-electron chi connectivity index (χ4n) is 3.44. The summed E-state index contributed by atoms with van der Waals surface area (Å²) in [6.07, 6.45) is 4.74. The molecule has 0 amide bonds. The van der Waals surface area contributed by atoms with Crippen LogP contribution in [0.15, 0.2) is 0 Å². The third kappa shape index (κ3) is 9.12. The smallest absolute Gasteiger partial charge is 0.00412 e. The molecule has 0 rings (SSSR count). The molecular formula is C19H43N3. The molecule has 2 N–H and O–H groups in total. The van der Waals surface area contributed by atoms with Crippen LogP contribution < -0.4 is 5.73 Å². The van der Waals surface area contributed by atoms with Crippen LogP contribution in [0.25, 0.3) is 0 Å². The van der Waals surface area contributed by atoms with Gasteiger partial charge in [0, 0.05) is 30.2 Å². The first-order valence-electron chi connectivity index (χ1n) is 9.43. The minimum absolute atomic E-state index is 0.363. The Labute approximate surface area is 140 Å². The van der Waals surface area contributed by atoms with Gasteiger partial charge in [-0.05, 0) is 94.2 Å². The van der Waals surface area contributed by atoms with E-state index >= 15 is 0 Å². The summed E-state index contributed by atoms with van der Waals surface area (Å²) in [5.74, 6) is 0. The highest BCUT2D eigenvalue weighted by atomic mass is 15.2. The molecule has 0 aromatic carbocycles. The first kappa shape index (κ1) is 21.9. The van der Waals surface area contributed by atoms with E-state index in [0.717, 1.165) is 12.8 Å². The molecule has 0 fully saturated rings. The minimum atomic E-state index is 0.363. The number of rotatable bonds is 12. The minimum Gasteiger partial charge on any atom is -0.328 e. The lowest BCUT2D eigenvalue weighted by Gasteiger charge is -2.31. The van der Waals surface area contributed by atoms with Gasteiger partial charge in [0.15, 0.2) is 0 Å². The van der Waals surface area contributed by atoms with Crippen LogP contribution in [0.2, 0.25) is 0 Å². The number of nitrogens with two attached hydrogens (primary N) is 1. The maximum absolute atomic E-state index is 6.31. The molecule has 0 saturated heterocycles. The lowest BCUT2D eigenvalue weighted by atomic mass is 10.0. The van der Waals surface area contributed by atoms with Crippen molar-refractivity contribution < 1.29 is 0 Å². The molecule has 0 aliphatic carbocycles. The molecule has 0 unspecified atom stereocenters. The third-order valence-electron chi connectivity index (χ3n) is 4.64. The zero-order chi connectivity index (χ0) is 17.3.